The normalized spacial score (nSPS) is 18.2. The first-order chi connectivity index (χ1) is 9.73. The van der Waals surface area contributed by atoms with Crippen LogP contribution in [-0.4, -0.2) is 11.9 Å². The number of imide groups is 1. The number of fused-ring (bicyclic) bond motifs is 5. The van der Waals surface area contributed by atoms with Crippen LogP contribution in [0.4, 0.5) is 4.79 Å². The third-order valence-electron chi connectivity index (χ3n) is 3.88. The van der Waals surface area contributed by atoms with Crippen LogP contribution in [0.25, 0.3) is 11.1 Å². The monoisotopic (exact) mass is 265 g/mol. The molecule has 4 rings (SSSR count). The molecule has 1 heterocycles. The maximum Gasteiger partial charge on any atom is 0.335 e. The summed E-state index contributed by atoms with van der Waals surface area (Å²) in [5, 5.41) is 2.34. The van der Waals surface area contributed by atoms with Crippen LogP contribution >= 0.6 is 0 Å². The van der Waals surface area contributed by atoms with Crippen molar-refractivity contribution in [3.63, 3.8) is 0 Å². The lowest BCUT2D eigenvalue weighted by molar-refractivity contribution is -0.126. The summed E-state index contributed by atoms with van der Waals surface area (Å²) in [6.07, 6.45) is 0. The minimum atomic E-state index is -1.05. The van der Waals surface area contributed by atoms with E-state index in [1.807, 2.05) is 48.5 Å². The molecule has 0 bridgehead atoms. The molecule has 1 aliphatic heterocycles. The minimum Gasteiger partial charge on any atom is -0.275 e. The van der Waals surface area contributed by atoms with E-state index >= 15 is 0 Å². The van der Waals surface area contributed by atoms with Crippen LogP contribution in [0.5, 0.6) is 0 Å². The molecule has 3 N–H and O–H groups in total. The molecular formula is C15H11N3O2. The third-order valence-corrected chi connectivity index (χ3v) is 3.88. The quantitative estimate of drug-likeness (QED) is 0.671. The summed E-state index contributed by atoms with van der Waals surface area (Å²) in [5.74, 6) is -0.362. The molecule has 5 nitrogen and oxygen atoms in total. The molecule has 3 amide bonds. The Labute approximate surface area is 115 Å². The standard InChI is InChI=1S/C15H11N3O2/c19-13-15(18-17-14(20)16-13)11-7-3-1-5-9(11)10-6-2-4-8-12(10)15/h1-8,18H,(H2,16,17,19,20). The third kappa shape index (κ3) is 1.20. The molecule has 2 aliphatic rings. The number of carbonyl (C=O) groups is 2. The summed E-state index contributed by atoms with van der Waals surface area (Å²) in [6.45, 7) is 0. The lowest BCUT2D eigenvalue weighted by Crippen LogP contribution is -2.68. The van der Waals surface area contributed by atoms with Crippen LogP contribution in [-0.2, 0) is 10.3 Å². The maximum absolute atomic E-state index is 12.5. The smallest absolute Gasteiger partial charge is 0.275 e. The van der Waals surface area contributed by atoms with E-state index in [0.717, 1.165) is 22.3 Å². The zero-order chi connectivity index (χ0) is 13.7. The van der Waals surface area contributed by atoms with Crippen LogP contribution in [0.1, 0.15) is 11.1 Å². The SMILES string of the molecule is O=C1NNC2(C(=O)N1)c1ccccc1-c1ccccc12. The summed E-state index contributed by atoms with van der Waals surface area (Å²) in [4.78, 5) is 23.9. The largest absolute Gasteiger partial charge is 0.335 e. The highest BCUT2D eigenvalue weighted by Gasteiger charge is 2.51. The number of nitrogens with one attached hydrogen (secondary N) is 3. The number of hydrogen-bond acceptors (Lipinski definition) is 3. The van der Waals surface area contributed by atoms with E-state index in [9.17, 15) is 9.59 Å². The molecule has 5 heteroatoms. The maximum atomic E-state index is 12.5. The second kappa shape index (κ2) is 3.68. The van der Waals surface area contributed by atoms with Gasteiger partial charge in [-0.1, -0.05) is 48.5 Å². The van der Waals surface area contributed by atoms with Gasteiger partial charge in [-0.3, -0.25) is 15.5 Å². The van der Waals surface area contributed by atoms with Crippen LogP contribution in [0, 0.1) is 0 Å². The van der Waals surface area contributed by atoms with Gasteiger partial charge in [-0.05, 0) is 22.3 Å². The van der Waals surface area contributed by atoms with Gasteiger partial charge in [0.2, 0.25) is 0 Å². The van der Waals surface area contributed by atoms with Crippen molar-refractivity contribution in [2.75, 3.05) is 0 Å². The minimum absolute atomic E-state index is 0.362. The average molecular weight is 265 g/mol. The number of carbonyl (C=O) groups excluding carboxylic acids is 2. The lowest BCUT2D eigenvalue weighted by Gasteiger charge is -2.35. The Hall–Kier alpha value is -2.66. The number of benzene rings is 2. The molecule has 0 saturated carbocycles. The van der Waals surface area contributed by atoms with Gasteiger partial charge in [-0.15, -0.1) is 0 Å². The van der Waals surface area contributed by atoms with E-state index in [4.69, 9.17) is 0 Å². The molecule has 1 aliphatic carbocycles. The van der Waals surface area contributed by atoms with Crippen LogP contribution < -0.4 is 16.2 Å². The van der Waals surface area contributed by atoms with E-state index in [0.29, 0.717) is 0 Å². The Morgan fingerprint density at radius 2 is 1.35 bits per heavy atom. The highest BCUT2D eigenvalue weighted by molar-refractivity contribution is 6.08. The molecule has 20 heavy (non-hydrogen) atoms. The molecule has 0 radical (unpaired) electrons. The Bertz CT molecular complexity index is 709. The Balaban J connectivity index is 2.05. The van der Waals surface area contributed by atoms with Gasteiger partial charge in [-0.25, -0.2) is 10.2 Å². The topological polar surface area (TPSA) is 70.2 Å². The van der Waals surface area contributed by atoms with Gasteiger partial charge in [-0.2, -0.15) is 0 Å². The Kier molecular flexibility index (Phi) is 2.06. The van der Waals surface area contributed by atoms with Crippen LogP contribution in [0.2, 0.25) is 0 Å². The van der Waals surface area contributed by atoms with E-state index < -0.39 is 11.6 Å². The molecule has 2 aromatic rings. The highest BCUT2D eigenvalue weighted by atomic mass is 16.2. The predicted octanol–water partition coefficient (Wildman–Crippen LogP) is 1.25. The van der Waals surface area contributed by atoms with E-state index in [1.54, 1.807) is 0 Å². The fourth-order valence-corrected chi connectivity index (χ4v) is 3.05. The van der Waals surface area contributed by atoms with E-state index in [1.165, 1.54) is 0 Å². The first-order valence-corrected chi connectivity index (χ1v) is 6.31. The molecule has 1 fully saturated rings. The fraction of sp³-hybridized carbons (Fsp3) is 0.0667. The van der Waals surface area contributed by atoms with Gasteiger partial charge in [0, 0.05) is 0 Å². The fourth-order valence-electron chi connectivity index (χ4n) is 3.05. The zero-order valence-electron chi connectivity index (χ0n) is 10.4. The summed E-state index contributed by atoms with van der Waals surface area (Å²) < 4.78 is 0. The van der Waals surface area contributed by atoms with Gasteiger partial charge >= 0.3 is 6.03 Å². The summed E-state index contributed by atoms with van der Waals surface area (Å²) in [5.41, 5.74) is 8.04. The van der Waals surface area contributed by atoms with Crippen molar-refractivity contribution < 1.29 is 9.59 Å². The van der Waals surface area contributed by atoms with Gasteiger partial charge in [0.25, 0.3) is 5.91 Å². The summed E-state index contributed by atoms with van der Waals surface area (Å²) >= 11 is 0. The number of amides is 3. The summed E-state index contributed by atoms with van der Waals surface area (Å²) in [6, 6.07) is 14.9. The van der Waals surface area contributed by atoms with Crippen molar-refractivity contribution in [3.05, 3.63) is 59.7 Å². The first kappa shape index (κ1) is 11.2. The molecule has 0 unspecified atom stereocenters. The number of urea groups is 1. The van der Waals surface area contributed by atoms with Crippen molar-refractivity contribution in [1.29, 1.82) is 0 Å². The Morgan fingerprint density at radius 1 is 0.800 bits per heavy atom. The number of rotatable bonds is 0. The second-order valence-corrected chi connectivity index (χ2v) is 4.87. The molecule has 2 aromatic carbocycles. The van der Waals surface area contributed by atoms with E-state index in [-0.39, 0.29) is 5.91 Å². The molecule has 0 aromatic heterocycles. The van der Waals surface area contributed by atoms with Crippen molar-refractivity contribution in [3.8, 4) is 11.1 Å². The Morgan fingerprint density at radius 3 is 1.90 bits per heavy atom. The number of hydrazine groups is 1. The molecule has 98 valence electrons. The molecular weight excluding hydrogens is 254 g/mol. The molecule has 1 saturated heterocycles. The van der Waals surface area contributed by atoms with Crippen molar-refractivity contribution in [2.45, 2.75) is 5.54 Å². The van der Waals surface area contributed by atoms with Crippen molar-refractivity contribution in [2.24, 2.45) is 0 Å². The van der Waals surface area contributed by atoms with Gasteiger partial charge in [0.1, 0.15) is 0 Å². The van der Waals surface area contributed by atoms with Gasteiger partial charge < -0.3 is 0 Å². The van der Waals surface area contributed by atoms with Gasteiger partial charge in [0.15, 0.2) is 5.54 Å². The lowest BCUT2D eigenvalue weighted by atomic mass is 9.86. The predicted molar refractivity (Wildman–Crippen MR) is 72.5 cm³/mol. The first-order valence-electron chi connectivity index (χ1n) is 6.31. The molecule has 0 atom stereocenters. The van der Waals surface area contributed by atoms with Gasteiger partial charge in [0.05, 0.1) is 0 Å². The van der Waals surface area contributed by atoms with Crippen molar-refractivity contribution >= 4 is 11.9 Å². The van der Waals surface area contributed by atoms with E-state index in [2.05, 4.69) is 16.2 Å². The van der Waals surface area contributed by atoms with Crippen LogP contribution in [0.3, 0.4) is 0 Å². The summed E-state index contributed by atoms with van der Waals surface area (Å²) in [7, 11) is 0. The van der Waals surface area contributed by atoms with Crippen LogP contribution in [0.15, 0.2) is 48.5 Å². The number of hydrogen-bond donors (Lipinski definition) is 3. The average Bonchev–Trinajstić information content (AvgIpc) is 2.76. The highest BCUT2D eigenvalue weighted by Crippen LogP contribution is 2.47. The van der Waals surface area contributed by atoms with Crippen molar-refractivity contribution in [1.82, 2.24) is 16.2 Å². The zero-order valence-corrected chi connectivity index (χ0v) is 10.4. The molecule has 1 spiro atoms. The second-order valence-electron chi connectivity index (χ2n) is 4.87.